The van der Waals surface area contributed by atoms with Gasteiger partial charge in [-0.2, -0.15) is 0 Å². The van der Waals surface area contributed by atoms with Gasteiger partial charge in [0.05, 0.1) is 17.5 Å². The molecule has 6 nitrogen and oxygen atoms in total. The number of sulfonamides is 1. The Bertz CT molecular complexity index is 555. The number of methoxy groups -OCH3 is 1. The van der Waals surface area contributed by atoms with Gasteiger partial charge < -0.3 is 10.1 Å². The average molecular weight is 314 g/mol. The van der Waals surface area contributed by atoms with Crippen LogP contribution in [0.1, 0.15) is 25.3 Å². The summed E-state index contributed by atoms with van der Waals surface area (Å²) in [6, 6.07) is 6.25. The second kappa shape index (κ2) is 8.11. The number of aryl methyl sites for hydroxylation is 1. The molecule has 0 aliphatic rings. The Balaban J connectivity index is 2.50. The molecule has 3 N–H and O–H groups in total. The molecule has 118 valence electrons. The summed E-state index contributed by atoms with van der Waals surface area (Å²) in [6.07, 6.45) is 1.69. The van der Waals surface area contributed by atoms with E-state index in [1.807, 2.05) is 6.92 Å². The minimum Gasteiger partial charge on any atom is -0.383 e. The average Bonchev–Trinajstić information content (AvgIpc) is 2.44. The van der Waals surface area contributed by atoms with Crippen molar-refractivity contribution in [2.75, 3.05) is 13.7 Å². The maximum atomic E-state index is 11.8. The lowest BCUT2D eigenvalue weighted by Crippen LogP contribution is -2.37. The van der Waals surface area contributed by atoms with Crippen LogP contribution in [0.15, 0.2) is 29.2 Å². The fraction of sp³-hybridized carbons (Fsp3) is 0.500. The molecule has 1 aromatic rings. The summed E-state index contributed by atoms with van der Waals surface area (Å²) >= 11 is 0. The van der Waals surface area contributed by atoms with Crippen LogP contribution in [0.3, 0.4) is 0 Å². The summed E-state index contributed by atoms with van der Waals surface area (Å²) in [5.41, 5.74) is 0.886. The monoisotopic (exact) mass is 314 g/mol. The van der Waals surface area contributed by atoms with Crippen molar-refractivity contribution in [3.05, 3.63) is 29.8 Å². The van der Waals surface area contributed by atoms with Gasteiger partial charge in [-0.1, -0.05) is 19.1 Å². The van der Waals surface area contributed by atoms with Crippen molar-refractivity contribution in [1.29, 1.82) is 0 Å². The van der Waals surface area contributed by atoms with Crippen LogP contribution in [-0.2, 0) is 26.0 Å². The molecule has 0 saturated carbocycles. The Morgan fingerprint density at radius 2 is 1.95 bits per heavy atom. The third-order valence-electron chi connectivity index (χ3n) is 3.12. The van der Waals surface area contributed by atoms with E-state index in [9.17, 15) is 13.2 Å². The van der Waals surface area contributed by atoms with Crippen LogP contribution in [0.5, 0.6) is 0 Å². The third kappa shape index (κ3) is 6.24. The first-order valence-corrected chi connectivity index (χ1v) is 8.31. The quantitative estimate of drug-likeness (QED) is 0.741. The molecule has 21 heavy (non-hydrogen) atoms. The lowest BCUT2D eigenvalue weighted by atomic mass is 10.1. The normalized spacial score (nSPS) is 12.9. The van der Waals surface area contributed by atoms with Gasteiger partial charge in [-0.15, -0.1) is 0 Å². The molecule has 1 unspecified atom stereocenters. The van der Waals surface area contributed by atoms with Gasteiger partial charge in [0, 0.05) is 13.5 Å². The van der Waals surface area contributed by atoms with Gasteiger partial charge in [0.25, 0.3) is 0 Å². The van der Waals surface area contributed by atoms with Crippen molar-refractivity contribution >= 4 is 15.9 Å². The van der Waals surface area contributed by atoms with Crippen LogP contribution in [0.4, 0.5) is 0 Å². The summed E-state index contributed by atoms with van der Waals surface area (Å²) in [4.78, 5) is 11.9. The molecule has 0 saturated heterocycles. The minimum atomic E-state index is -3.67. The number of hydrogen-bond donors (Lipinski definition) is 2. The molecule has 1 rings (SSSR count). The summed E-state index contributed by atoms with van der Waals surface area (Å²) in [5.74, 6) is -0.0468. The van der Waals surface area contributed by atoms with Gasteiger partial charge >= 0.3 is 0 Å². The molecule has 0 aromatic heterocycles. The SMILES string of the molecule is CCC(COC)NC(=O)CCc1ccc(S(N)(=O)=O)cc1. The summed E-state index contributed by atoms with van der Waals surface area (Å²) in [5, 5.41) is 7.92. The third-order valence-corrected chi connectivity index (χ3v) is 4.05. The van der Waals surface area contributed by atoms with Crippen LogP contribution in [0, 0.1) is 0 Å². The molecule has 0 spiro atoms. The highest BCUT2D eigenvalue weighted by atomic mass is 32.2. The molecular formula is C14H22N2O4S. The van der Waals surface area contributed by atoms with E-state index >= 15 is 0 Å². The van der Waals surface area contributed by atoms with Gasteiger partial charge in [0.1, 0.15) is 0 Å². The van der Waals surface area contributed by atoms with Gasteiger partial charge in [-0.05, 0) is 30.5 Å². The Morgan fingerprint density at radius 1 is 1.33 bits per heavy atom. The molecular weight excluding hydrogens is 292 g/mol. The molecule has 0 fully saturated rings. The standard InChI is InChI=1S/C14H22N2O4S/c1-3-12(10-20-2)16-14(17)9-6-11-4-7-13(8-5-11)21(15,18)19/h4-5,7-8,12H,3,6,9-10H2,1-2H3,(H,16,17)(H2,15,18,19). The predicted octanol–water partition coefficient (Wildman–Crippen LogP) is 0.808. The van der Waals surface area contributed by atoms with E-state index in [2.05, 4.69) is 5.32 Å². The summed E-state index contributed by atoms with van der Waals surface area (Å²) in [7, 11) is -2.07. The fourth-order valence-electron chi connectivity index (χ4n) is 1.87. The van der Waals surface area contributed by atoms with Crippen LogP contribution in [-0.4, -0.2) is 34.1 Å². The number of primary sulfonamides is 1. The molecule has 7 heteroatoms. The summed E-state index contributed by atoms with van der Waals surface area (Å²) in [6.45, 7) is 2.47. The maximum Gasteiger partial charge on any atom is 0.238 e. The second-order valence-corrected chi connectivity index (χ2v) is 6.38. The van der Waals surface area contributed by atoms with Crippen molar-refractivity contribution in [3.8, 4) is 0 Å². The molecule has 0 radical (unpaired) electrons. The highest BCUT2D eigenvalue weighted by Gasteiger charge is 2.11. The van der Waals surface area contributed by atoms with Crippen molar-refractivity contribution < 1.29 is 17.9 Å². The number of nitrogens with one attached hydrogen (secondary N) is 1. The topological polar surface area (TPSA) is 98.5 Å². The Hall–Kier alpha value is -1.44. The van der Waals surface area contributed by atoms with Gasteiger partial charge in [-0.3, -0.25) is 4.79 Å². The minimum absolute atomic E-state index is 0.0206. The van der Waals surface area contributed by atoms with Gasteiger partial charge in [0.2, 0.25) is 15.9 Å². The highest BCUT2D eigenvalue weighted by molar-refractivity contribution is 7.89. The largest absolute Gasteiger partial charge is 0.383 e. The number of nitrogens with two attached hydrogens (primary N) is 1. The lowest BCUT2D eigenvalue weighted by Gasteiger charge is -2.15. The molecule has 1 atom stereocenters. The zero-order valence-corrected chi connectivity index (χ0v) is 13.2. The second-order valence-electron chi connectivity index (χ2n) is 4.82. The first-order chi connectivity index (χ1) is 9.86. The number of carbonyl (C=O) groups excluding carboxylic acids is 1. The molecule has 0 heterocycles. The molecule has 1 aromatic carbocycles. The Morgan fingerprint density at radius 3 is 2.43 bits per heavy atom. The predicted molar refractivity (Wildman–Crippen MR) is 80.2 cm³/mol. The van der Waals surface area contributed by atoms with E-state index in [0.717, 1.165) is 12.0 Å². The molecule has 0 aliphatic carbocycles. The molecule has 0 bridgehead atoms. The van der Waals surface area contributed by atoms with E-state index in [-0.39, 0.29) is 16.8 Å². The number of ether oxygens (including phenoxy) is 1. The van der Waals surface area contributed by atoms with Crippen molar-refractivity contribution in [1.82, 2.24) is 5.32 Å². The van der Waals surface area contributed by atoms with Crippen LogP contribution >= 0.6 is 0 Å². The van der Waals surface area contributed by atoms with Crippen LogP contribution in [0.25, 0.3) is 0 Å². The van der Waals surface area contributed by atoms with E-state index in [1.54, 1.807) is 19.2 Å². The molecule has 1 amide bonds. The zero-order valence-electron chi connectivity index (χ0n) is 12.3. The van der Waals surface area contributed by atoms with E-state index < -0.39 is 10.0 Å². The van der Waals surface area contributed by atoms with Crippen LogP contribution < -0.4 is 10.5 Å². The zero-order chi connectivity index (χ0) is 15.9. The number of benzene rings is 1. The lowest BCUT2D eigenvalue weighted by molar-refractivity contribution is -0.122. The fourth-order valence-corrected chi connectivity index (χ4v) is 2.38. The summed E-state index contributed by atoms with van der Waals surface area (Å²) < 4.78 is 27.3. The maximum absolute atomic E-state index is 11.8. The molecule has 0 aliphatic heterocycles. The smallest absolute Gasteiger partial charge is 0.238 e. The number of amides is 1. The van der Waals surface area contributed by atoms with Crippen molar-refractivity contribution in [2.45, 2.75) is 37.1 Å². The van der Waals surface area contributed by atoms with Crippen LogP contribution in [0.2, 0.25) is 0 Å². The van der Waals surface area contributed by atoms with Crippen molar-refractivity contribution in [2.24, 2.45) is 5.14 Å². The number of carbonyl (C=O) groups is 1. The van der Waals surface area contributed by atoms with Gasteiger partial charge in [0.15, 0.2) is 0 Å². The number of rotatable bonds is 8. The van der Waals surface area contributed by atoms with Crippen molar-refractivity contribution in [3.63, 3.8) is 0 Å². The highest BCUT2D eigenvalue weighted by Crippen LogP contribution is 2.10. The van der Waals surface area contributed by atoms with E-state index in [1.165, 1.54) is 12.1 Å². The number of hydrogen-bond acceptors (Lipinski definition) is 4. The van der Waals surface area contributed by atoms with Gasteiger partial charge in [-0.25, -0.2) is 13.6 Å². The van der Waals surface area contributed by atoms with E-state index in [4.69, 9.17) is 9.88 Å². The Kier molecular flexibility index (Phi) is 6.80. The first kappa shape index (κ1) is 17.6. The first-order valence-electron chi connectivity index (χ1n) is 6.76. The Labute approximate surface area is 125 Å². The van der Waals surface area contributed by atoms with E-state index in [0.29, 0.717) is 19.4 Å².